The Balaban J connectivity index is 2.14. The fraction of sp³-hybridized carbons (Fsp3) is 0.467. The lowest BCUT2D eigenvalue weighted by atomic mass is 10.0. The van der Waals surface area contributed by atoms with Crippen LogP contribution < -0.4 is 5.73 Å². The van der Waals surface area contributed by atoms with Gasteiger partial charge in [0.25, 0.3) is 5.89 Å². The molecule has 0 amide bonds. The van der Waals surface area contributed by atoms with Crippen LogP contribution in [0.25, 0.3) is 11.5 Å². The molecule has 0 aliphatic heterocycles. The van der Waals surface area contributed by atoms with Crippen molar-refractivity contribution in [3.05, 3.63) is 35.2 Å². The van der Waals surface area contributed by atoms with Crippen LogP contribution in [0.1, 0.15) is 36.3 Å². The molecule has 1 unspecified atom stereocenters. The van der Waals surface area contributed by atoms with Gasteiger partial charge in [0.1, 0.15) is 0 Å². The van der Waals surface area contributed by atoms with Crippen LogP contribution in [0.5, 0.6) is 0 Å². The zero-order valence-electron chi connectivity index (χ0n) is 12.2. The second-order valence-corrected chi connectivity index (χ2v) is 4.89. The van der Waals surface area contributed by atoms with Gasteiger partial charge in [0.15, 0.2) is 5.82 Å². The van der Waals surface area contributed by atoms with Crippen LogP contribution in [0, 0.1) is 13.8 Å². The van der Waals surface area contributed by atoms with Gasteiger partial charge >= 0.3 is 0 Å². The van der Waals surface area contributed by atoms with E-state index in [1.54, 1.807) is 0 Å². The van der Waals surface area contributed by atoms with Gasteiger partial charge in [0.2, 0.25) is 0 Å². The predicted octanol–water partition coefficient (Wildman–Crippen LogP) is 2.78. The molecule has 20 heavy (non-hydrogen) atoms. The number of benzene rings is 1. The molecule has 2 rings (SSSR count). The van der Waals surface area contributed by atoms with E-state index in [4.69, 9.17) is 15.0 Å². The molecule has 5 nitrogen and oxygen atoms in total. The highest BCUT2D eigenvalue weighted by Gasteiger charge is 2.16. The monoisotopic (exact) mass is 275 g/mol. The third-order valence-electron chi connectivity index (χ3n) is 3.25. The van der Waals surface area contributed by atoms with Crippen molar-refractivity contribution in [2.24, 2.45) is 5.73 Å². The summed E-state index contributed by atoms with van der Waals surface area (Å²) in [5.74, 6) is 0.990. The predicted molar refractivity (Wildman–Crippen MR) is 77.2 cm³/mol. The highest BCUT2D eigenvalue weighted by molar-refractivity contribution is 5.60. The summed E-state index contributed by atoms with van der Waals surface area (Å²) in [6.45, 7) is 7.24. The normalized spacial score (nSPS) is 12.6. The molecule has 2 N–H and O–H groups in total. The second-order valence-electron chi connectivity index (χ2n) is 4.89. The number of nitrogens with two attached hydrogens (primary N) is 1. The van der Waals surface area contributed by atoms with Crippen LogP contribution in [0.2, 0.25) is 0 Å². The summed E-state index contributed by atoms with van der Waals surface area (Å²) in [6, 6.07) is 5.65. The molecule has 0 bridgehead atoms. The number of hydrogen-bond acceptors (Lipinski definition) is 5. The summed E-state index contributed by atoms with van der Waals surface area (Å²) in [5.41, 5.74) is 9.26. The number of hydrogen-bond donors (Lipinski definition) is 1. The first-order valence-electron chi connectivity index (χ1n) is 6.87. The van der Waals surface area contributed by atoms with E-state index < -0.39 is 0 Å². The maximum atomic E-state index is 5.99. The largest absolute Gasteiger partial charge is 0.379 e. The molecule has 5 heteroatoms. The van der Waals surface area contributed by atoms with E-state index in [1.165, 1.54) is 5.56 Å². The Morgan fingerprint density at radius 2 is 2.15 bits per heavy atom. The van der Waals surface area contributed by atoms with Gasteiger partial charge in [-0.2, -0.15) is 4.98 Å². The van der Waals surface area contributed by atoms with Crippen molar-refractivity contribution in [1.82, 2.24) is 10.1 Å². The van der Waals surface area contributed by atoms with Crippen molar-refractivity contribution in [3.63, 3.8) is 0 Å². The third kappa shape index (κ3) is 3.23. The third-order valence-corrected chi connectivity index (χ3v) is 3.25. The average molecular weight is 275 g/mol. The van der Waals surface area contributed by atoms with Crippen molar-refractivity contribution in [2.75, 3.05) is 13.2 Å². The quantitative estimate of drug-likeness (QED) is 0.820. The average Bonchev–Trinajstić information content (AvgIpc) is 2.91. The summed E-state index contributed by atoms with van der Waals surface area (Å²) in [4.78, 5) is 4.38. The Labute approximate surface area is 119 Å². The van der Waals surface area contributed by atoms with E-state index in [9.17, 15) is 0 Å². The van der Waals surface area contributed by atoms with E-state index in [0.29, 0.717) is 24.9 Å². The molecule has 1 aromatic carbocycles. The number of aromatic nitrogens is 2. The van der Waals surface area contributed by atoms with Crippen molar-refractivity contribution in [1.29, 1.82) is 0 Å². The van der Waals surface area contributed by atoms with Gasteiger partial charge in [-0.05, 0) is 37.5 Å². The first kappa shape index (κ1) is 14.7. The van der Waals surface area contributed by atoms with E-state index >= 15 is 0 Å². The van der Waals surface area contributed by atoms with Crippen LogP contribution in [0.15, 0.2) is 22.7 Å². The Morgan fingerprint density at radius 3 is 2.90 bits per heavy atom. The molecule has 0 aliphatic rings. The van der Waals surface area contributed by atoms with E-state index in [-0.39, 0.29) is 6.04 Å². The van der Waals surface area contributed by atoms with Crippen molar-refractivity contribution >= 4 is 0 Å². The standard InChI is InChI=1S/C15H21N3O2/c1-4-8-19-9-13(16)14-17-15(20-18-14)12-7-5-6-10(2)11(12)3/h5-7,13H,4,8-9,16H2,1-3H3. The highest BCUT2D eigenvalue weighted by atomic mass is 16.5. The molecule has 0 saturated heterocycles. The number of ether oxygens (including phenoxy) is 1. The molecular formula is C15H21N3O2. The number of aryl methyl sites for hydroxylation is 1. The number of rotatable bonds is 6. The molecule has 0 radical (unpaired) electrons. The minimum atomic E-state index is -0.357. The van der Waals surface area contributed by atoms with Gasteiger partial charge < -0.3 is 15.0 Å². The van der Waals surface area contributed by atoms with E-state index in [1.807, 2.05) is 19.1 Å². The molecule has 0 spiro atoms. The van der Waals surface area contributed by atoms with Crippen LogP contribution in [-0.4, -0.2) is 23.4 Å². The Kier molecular flexibility index (Phi) is 4.87. The Bertz CT molecular complexity index is 566. The lowest BCUT2D eigenvalue weighted by molar-refractivity contribution is 0.119. The van der Waals surface area contributed by atoms with Gasteiger partial charge in [-0.15, -0.1) is 0 Å². The summed E-state index contributed by atoms with van der Waals surface area (Å²) in [7, 11) is 0. The van der Waals surface area contributed by atoms with Crippen LogP contribution in [-0.2, 0) is 4.74 Å². The van der Waals surface area contributed by atoms with Gasteiger partial charge in [-0.3, -0.25) is 0 Å². The zero-order chi connectivity index (χ0) is 14.5. The van der Waals surface area contributed by atoms with Crippen molar-refractivity contribution in [2.45, 2.75) is 33.2 Å². The minimum Gasteiger partial charge on any atom is -0.379 e. The number of nitrogens with zero attached hydrogens (tertiary/aromatic N) is 2. The molecule has 0 fully saturated rings. The summed E-state index contributed by atoms with van der Waals surface area (Å²) >= 11 is 0. The molecule has 0 saturated carbocycles. The molecule has 1 atom stereocenters. The summed E-state index contributed by atoms with van der Waals surface area (Å²) in [6.07, 6.45) is 0.965. The maximum absolute atomic E-state index is 5.99. The van der Waals surface area contributed by atoms with E-state index in [0.717, 1.165) is 17.5 Å². The molecule has 1 heterocycles. The minimum absolute atomic E-state index is 0.357. The lowest BCUT2D eigenvalue weighted by Gasteiger charge is -2.07. The second kappa shape index (κ2) is 6.63. The van der Waals surface area contributed by atoms with Crippen LogP contribution in [0.3, 0.4) is 0 Å². The van der Waals surface area contributed by atoms with Gasteiger partial charge in [0, 0.05) is 12.2 Å². The molecule has 0 aliphatic carbocycles. The van der Waals surface area contributed by atoms with Crippen molar-refractivity contribution < 1.29 is 9.26 Å². The lowest BCUT2D eigenvalue weighted by Crippen LogP contribution is -2.18. The van der Waals surface area contributed by atoms with Crippen LogP contribution >= 0.6 is 0 Å². The topological polar surface area (TPSA) is 74.2 Å². The fourth-order valence-electron chi connectivity index (χ4n) is 1.91. The summed E-state index contributed by atoms with van der Waals surface area (Å²) in [5, 5.41) is 3.95. The molecular weight excluding hydrogens is 254 g/mol. The summed E-state index contributed by atoms with van der Waals surface area (Å²) < 4.78 is 10.7. The van der Waals surface area contributed by atoms with Gasteiger partial charge in [-0.25, -0.2) is 0 Å². The molecule has 108 valence electrons. The Hall–Kier alpha value is -1.72. The molecule has 1 aromatic heterocycles. The smallest absolute Gasteiger partial charge is 0.258 e. The molecule has 2 aromatic rings. The van der Waals surface area contributed by atoms with Crippen LogP contribution in [0.4, 0.5) is 0 Å². The maximum Gasteiger partial charge on any atom is 0.258 e. The Morgan fingerprint density at radius 1 is 1.35 bits per heavy atom. The zero-order valence-corrected chi connectivity index (χ0v) is 12.2. The SMILES string of the molecule is CCCOCC(N)c1noc(-c2cccc(C)c2C)n1. The van der Waals surface area contributed by atoms with E-state index in [2.05, 4.69) is 30.1 Å². The fourth-order valence-corrected chi connectivity index (χ4v) is 1.91. The van der Waals surface area contributed by atoms with Gasteiger partial charge in [-0.1, -0.05) is 24.2 Å². The first-order chi connectivity index (χ1) is 9.63. The highest BCUT2D eigenvalue weighted by Crippen LogP contribution is 2.24. The van der Waals surface area contributed by atoms with Crippen molar-refractivity contribution in [3.8, 4) is 11.5 Å². The first-order valence-corrected chi connectivity index (χ1v) is 6.87. The van der Waals surface area contributed by atoms with Gasteiger partial charge in [0.05, 0.1) is 12.6 Å².